The number of nitrogens with two attached hydrogens (primary N) is 1. The predicted molar refractivity (Wildman–Crippen MR) is 72.0 cm³/mol. The topological polar surface area (TPSA) is 89.3 Å². The average Bonchev–Trinajstić information content (AvgIpc) is 2.78. The second-order valence-electron chi connectivity index (χ2n) is 4.22. The lowest BCUT2D eigenvalue weighted by Gasteiger charge is -2.22. The molecular formula is C11H18N4O2S. The minimum absolute atomic E-state index is 0.208. The van der Waals surface area contributed by atoms with Crippen molar-refractivity contribution in [1.29, 1.82) is 0 Å². The molecule has 1 amide bonds. The maximum Gasteiger partial charge on any atom is 0.257 e. The second kappa shape index (κ2) is 6.01. The molecule has 0 spiro atoms. The number of carbonyl (C=O) groups is 1. The molecule has 6 nitrogen and oxygen atoms in total. The van der Waals surface area contributed by atoms with E-state index in [1.165, 1.54) is 18.0 Å². The summed E-state index contributed by atoms with van der Waals surface area (Å²) in [5.74, 6) is 0.0553. The summed E-state index contributed by atoms with van der Waals surface area (Å²) in [5.41, 5.74) is 6.12. The first kappa shape index (κ1) is 13.1. The van der Waals surface area contributed by atoms with Gasteiger partial charge in [0.25, 0.3) is 5.91 Å². The third-order valence-electron chi connectivity index (χ3n) is 2.94. The average molecular weight is 270 g/mol. The molecule has 18 heavy (non-hydrogen) atoms. The Labute approximate surface area is 110 Å². The van der Waals surface area contributed by atoms with E-state index in [1.807, 2.05) is 0 Å². The number of aromatic nitrogens is 1. The fraction of sp³-hybridized carbons (Fsp3) is 0.636. The normalized spacial score (nSPS) is 19.5. The third kappa shape index (κ3) is 2.91. The number of hydrogen-bond donors (Lipinski definition) is 3. The Kier molecular flexibility index (Phi) is 4.38. The van der Waals surface area contributed by atoms with Crippen LogP contribution in [0.1, 0.15) is 29.6 Å². The van der Waals surface area contributed by atoms with Gasteiger partial charge in [-0.15, -0.1) is 0 Å². The van der Waals surface area contributed by atoms with Crippen LogP contribution in [0.2, 0.25) is 0 Å². The van der Waals surface area contributed by atoms with Gasteiger partial charge >= 0.3 is 0 Å². The fourth-order valence-corrected chi connectivity index (χ4v) is 2.66. The molecule has 2 heterocycles. The van der Waals surface area contributed by atoms with Crippen molar-refractivity contribution in [3.8, 4) is 0 Å². The molecule has 1 aromatic rings. The Hall–Kier alpha value is -1.34. The molecule has 1 atom stereocenters. The first-order chi connectivity index (χ1) is 8.72. The van der Waals surface area contributed by atoms with E-state index in [2.05, 4.69) is 15.0 Å². The van der Waals surface area contributed by atoms with Crippen LogP contribution < -0.4 is 16.4 Å². The molecule has 7 heteroatoms. The lowest BCUT2D eigenvalue weighted by atomic mass is 10.1. The van der Waals surface area contributed by atoms with Crippen molar-refractivity contribution in [3.63, 3.8) is 0 Å². The number of rotatable bonds is 4. The summed E-state index contributed by atoms with van der Waals surface area (Å²) in [6, 6.07) is 0. The van der Waals surface area contributed by atoms with Crippen molar-refractivity contribution in [2.45, 2.75) is 25.4 Å². The van der Waals surface area contributed by atoms with Crippen LogP contribution in [0.25, 0.3) is 0 Å². The lowest BCUT2D eigenvalue weighted by Crippen LogP contribution is -2.27. The van der Waals surface area contributed by atoms with Gasteiger partial charge in [0, 0.05) is 20.2 Å². The van der Waals surface area contributed by atoms with Crippen molar-refractivity contribution in [2.75, 3.05) is 31.2 Å². The molecule has 1 aliphatic rings. The molecule has 0 bridgehead atoms. The third-order valence-corrected chi connectivity index (χ3v) is 3.76. The molecule has 1 fully saturated rings. The standard InChI is InChI=1S/C11H18N4O2S/c1-13-10(16)8-9(12)15-18-11(8)14-6-7-4-2-3-5-17-7/h7,14H,2-6H2,1H3,(H2,12,15)(H,13,16). The molecular weight excluding hydrogens is 252 g/mol. The molecule has 2 rings (SSSR count). The molecule has 1 unspecified atom stereocenters. The van der Waals surface area contributed by atoms with Crippen LogP contribution in [0, 0.1) is 0 Å². The van der Waals surface area contributed by atoms with E-state index in [1.54, 1.807) is 7.05 Å². The van der Waals surface area contributed by atoms with Gasteiger partial charge in [-0.05, 0) is 30.8 Å². The van der Waals surface area contributed by atoms with Gasteiger partial charge in [-0.1, -0.05) is 0 Å². The van der Waals surface area contributed by atoms with Gasteiger partial charge in [-0.25, -0.2) is 0 Å². The summed E-state index contributed by atoms with van der Waals surface area (Å²) in [6.45, 7) is 1.51. The van der Waals surface area contributed by atoms with Gasteiger partial charge in [0.15, 0.2) is 5.82 Å². The number of nitrogens with one attached hydrogen (secondary N) is 2. The molecule has 0 radical (unpaired) electrons. The summed E-state index contributed by atoms with van der Waals surface area (Å²) >= 11 is 1.21. The van der Waals surface area contributed by atoms with Gasteiger partial charge in [-0.3, -0.25) is 4.79 Å². The van der Waals surface area contributed by atoms with Crippen LogP contribution in [0.4, 0.5) is 10.8 Å². The number of ether oxygens (including phenoxy) is 1. The van der Waals surface area contributed by atoms with E-state index in [4.69, 9.17) is 10.5 Å². The molecule has 1 aliphatic heterocycles. The highest BCUT2D eigenvalue weighted by molar-refractivity contribution is 7.11. The Morgan fingerprint density at radius 2 is 2.44 bits per heavy atom. The zero-order valence-corrected chi connectivity index (χ0v) is 11.2. The first-order valence-electron chi connectivity index (χ1n) is 6.05. The van der Waals surface area contributed by atoms with E-state index >= 15 is 0 Å². The number of hydrogen-bond acceptors (Lipinski definition) is 6. The molecule has 1 saturated heterocycles. The monoisotopic (exact) mass is 270 g/mol. The second-order valence-corrected chi connectivity index (χ2v) is 4.99. The number of carbonyl (C=O) groups excluding carboxylic acids is 1. The molecule has 0 aromatic carbocycles. The fourth-order valence-electron chi connectivity index (χ4n) is 1.94. The van der Waals surface area contributed by atoms with E-state index < -0.39 is 0 Å². The van der Waals surface area contributed by atoms with E-state index in [0.29, 0.717) is 17.1 Å². The molecule has 0 saturated carbocycles. The van der Waals surface area contributed by atoms with Crippen molar-refractivity contribution >= 4 is 28.3 Å². The van der Waals surface area contributed by atoms with Crippen LogP contribution in [0.5, 0.6) is 0 Å². The van der Waals surface area contributed by atoms with Crippen LogP contribution in [0.3, 0.4) is 0 Å². The Morgan fingerprint density at radius 3 is 3.11 bits per heavy atom. The molecule has 100 valence electrons. The van der Waals surface area contributed by atoms with Crippen LogP contribution in [0.15, 0.2) is 0 Å². The van der Waals surface area contributed by atoms with Crippen molar-refractivity contribution in [3.05, 3.63) is 5.56 Å². The SMILES string of the molecule is CNC(=O)c1c(N)nsc1NCC1CCCCO1. The van der Waals surface area contributed by atoms with Gasteiger partial charge in [0.05, 0.1) is 6.10 Å². The Balaban J connectivity index is 1.98. The summed E-state index contributed by atoms with van der Waals surface area (Å²) in [4.78, 5) is 11.7. The first-order valence-corrected chi connectivity index (χ1v) is 6.82. The Bertz CT molecular complexity index is 415. The molecule has 1 aromatic heterocycles. The molecule has 4 N–H and O–H groups in total. The van der Waals surface area contributed by atoms with Gasteiger partial charge < -0.3 is 21.1 Å². The minimum atomic E-state index is -0.215. The minimum Gasteiger partial charge on any atom is -0.382 e. The summed E-state index contributed by atoms with van der Waals surface area (Å²) in [5, 5.41) is 6.48. The van der Waals surface area contributed by atoms with Crippen LogP contribution >= 0.6 is 11.5 Å². The highest BCUT2D eigenvalue weighted by atomic mass is 32.1. The van der Waals surface area contributed by atoms with Gasteiger partial charge in [-0.2, -0.15) is 4.37 Å². The lowest BCUT2D eigenvalue weighted by molar-refractivity contribution is 0.0248. The van der Waals surface area contributed by atoms with Crippen molar-refractivity contribution in [2.24, 2.45) is 0 Å². The van der Waals surface area contributed by atoms with Gasteiger partial charge in [0.1, 0.15) is 10.6 Å². The Morgan fingerprint density at radius 1 is 1.61 bits per heavy atom. The number of nitrogen functional groups attached to an aromatic ring is 1. The van der Waals surface area contributed by atoms with Gasteiger partial charge in [0.2, 0.25) is 0 Å². The highest BCUT2D eigenvalue weighted by Gasteiger charge is 2.20. The van der Waals surface area contributed by atoms with Crippen molar-refractivity contribution < 1.29 is 9.53 Å². The summed E-state index contributed by atoms with van der Waals surface area (Å²) in [7, 11) is 1.58. The number of nitrogens with zero attached hydrogens (tertiary/aromatic N) is 1. The van der Waals surface area contributed by atoms with Crippen LogP contribution in [-0.4, -0.2) is 36.6 Å². The highest BCUT2D eigenvalue weighted by Crippen LogP contribution is 2.27. The predicted octanol–water partition coefficient (Wildman–Crippen LogP) is 1.07. The zero-order chi connectivity index (χ0) is 13.0. The smallest absolute Gasteiger partial charge is 0.257 e. The van der Waals surface area contributed by atoms with E-state index in [0.717, 1.165) is 19.4 Å². The molecule has 0 aliphatic carbocycles. The summed E-state index contributed by atoms with van der Waals surface area (Å²) < 4.78 is 9.63. The van der Waals surface area contributed by atoms with Crippen LogP contribution in [-0.2, 0) is 4.74 Å². The largest absolute Gasteiger partial charge is 0.382 e. The maximum atomic E-state index is 11.7. The number of anilines is 2. The zero-order valence-electron chi connectivity index (χ0n) is 10.4. The number of amides is 1. The van der Waals surface area contributed by atoms with Crippen molar-refractivity contribution in [1.82, 2.24) is 9.69 Å². The quantitative estimate of drug-likeness (QED) is 0.761. The summed E-state index contributed by atoms with van der Waals surface area (Å²) in [6.07, 6.45) is 3.59. The van der Waals surface area contributed by atoms with E-state index in [-0.39, 0.29) is 17.8 Å². The maximum absolute atomic E-state index is 11.7. The van der Waals surface area contributed by atoms with E-state index in [9.17, 15) is 4.79 Å².